The van der Waals surface area contributed by atoms with Crippen LogP contribution in [-0.2, 0) is 10.8 Å². The SMILES string of the molecule is O=C(O)c1cccc(OCCS(=O)c2cccc(Br)c2)c1. The lowest BCUT2D eigenvalue weighted by Crippen LogP contribution is -2.09. The minimum absolute atomic E-state index is 0.167. The van der Waals surface area contributed by atoms with Crippen molar-refractivity contribution in [2.24, 2.45) is 0 Å². The van der Waals surface area contributed by atoms with Crippen LogP contribution in [0.5, 0.6) is 5.75 Å². The molecule has 4 nitrogen and oxygen atoms in total. The molecule has 0 saturated heterocycles. The Morgan fingerprint density at radius 1 is 1.19 bits per heavy atom. The molecule has 6 heteroatoms. The van der Waals surface area contributed by atoms with Crippen LogP contribution in [-0.4, -0.2) is 27.6 Å². The summed E-state index contributed by atoms with van der Waals surface area (Å²) in [5, 5.41) is 8.89. The van der Waals surface area contributed by atoms with Gasteiger partial charge in [0.1, 0.15) is 12.4 Å². The van der Waals surface area contributed by atoms with Crippen molar-refractivity contribution in [1.29, 1.82) is 0 Å². The van der Waals surface area contributed by atoms with Crippen molar-refractivity contribution in [2.45, 2.75) is 4.90 Å². The van der Waals surface area contributed by atoms with Crippen LogP contribution in [0.2, 0.25) is 0 Å². The molecule has 0 heterocycles. The van der Waals surface area contributed by atoms with Crippen molar-refractivity contribution in [3.05, 3.63) is 58.6 Å². The van der Waals surface area contributed by atoms with Gasteiger partial charge in [-0.25, -0.2) is 4.79 Å². The number of carboxylic acids is 1. The molecule has 0 aliphatic heterocycles. The van der Waals surface area contributed by atoms with E-state index in [-0.39, 0.29) is 12.2 Å². The van der Waals surface area contributed by atoms with Crippen LogP contribution >= 0.6 is 15.9 Å². The quantitative estimate of drug-likeness (QED) is 0.849. The normalized spacial score (nSPS) is 11.9. The minimum atomic E-state index is -1.15. The van der Waals surface area contributed by atoms with Crippen LogP contribution in [0.15, 0.2) is 57.9 Å². The van der Waals surface area contributed by atoms with E-state index in [0.29, 0.717) is 11.5 Å². The van der Waals surface area contributed by atoms with Crippen molar-refractivity contribution < 1.29 is 18.8 Å². The highest BCUT2D eigenvalue weighted by Gasteiger charge is 2.06. The van der Waals surface area contributed by atoms with Crippen molar-refractivity contribution in [3.63, 3.8) is 0 Å². The first-order valence-corrected chi connectivity index (χ1v) is 8.27. The number of rotatable bonds is 6. The molecule has 21 heavy (non-hydrogen) atoms. The Balaban J connectivity index is 1.91. The second-order valence-corrected chi connectivity index (χ2v) is 6.67. The molecule has 0 aromatic heterocycles. The lowest BCUT2D eigenvalue weighted by molar-refractivity contribution is 0.0696. The summed E-state index contributed by atoms with van der Waals surface area (Å²) in [5.74, 6) is -0.201. The molecular weight excluding hydrogens is 356 g/mol. The van der Waals surface area contributed by atoms with E-state index in [1.54, 1.807) is 24.3 Å². The van der Waals surface area contributed by atoms with Gasteiger partial charge in [0.05, 0.1) is 22.1 Å². The first kappa shape index (κ1) is 15.7. The molecule has 0 amide bonds. The molecule has 110 valence electrons. The Hall–Kier alpha value is -1.66. The van der Waals surface area contributed by atoms with Crippen LogP contribution < -0.4 is 4.74 Å². The van der Waals surface area contributed by atoms with E-state index in [1.165, 1.54) is 12.1 Å². The summed E-state index contributed by atoms with van der Waals surface area (Å²) in [6.07, 6.45) is 0. The average molecular weight is 369 g/mol. The van der Waals surface area contributed by atoms with E-state index >= 15 is 0 Å². The van der Waals surface area contributed by atoms with E-state index in [2.05, 4.69) is 15.9 Å². The van der Waals surface area contributed by atoms with Gasteiger partial charge < -0.3 is 9.84 Å². The van der Waals surface area contributed by atoms with Crippen molar-refractivity contribution >= 4 is 32.7 Å². The smallest absolute Gasteiger partial charge is 0.335 e. The first-order valence-electron chi connectivity index (χ1n) is 6.16. The van der Waals surface area contributed by atoms with Gasteiger partial charge in [-0.15, -0.1) is 0 Å². The molecule has 0 fully saturated rings. The molecule has 1 N–H and O–H groups in total. The number of hydrogen-bond acceptors (Lipinski definition) is 3. The molecule has 0 spiro atoms. The van der Waals surface area contributed by atoms with Gasteiger partial charge in [-0.1, -0.05) is 28.1 Å². The van der Waals surface area contributed by atoms with E-state index in [1.807, 2.05) is 12.1 Å². The summed E-state index contributed by atoms with van der Waals surface area (Å²) in [6, 6.07) is 13.5. The second kappa shape index (κ2) is 7.38. The molecule has 2 aromatic carbocycles. The highest BCUT2D eigenvalue weighted by Crippen LogP contribution is 2.16. The molecule has 1 atom stereocenters. The highest BCUT2D eigenvalue weighted by molar-refractivity contribution is 9.10. The van der Waals surface area contributed by atoms with Crippen LogP contribution in [0.1, 0.15) is 10.4 Å². The summed E-state index contributed by atoms with van der Waals surface area (Å²) >= 11 is 3.34. The van der Waals surface area contributed by atoms with Crippen LogP contribution in [0.25, 0.3) is 0 Å². The van der Waals surface area contributed by atoms with Crippen LogP contribution in [0, 0.1) is 0 Å². The number of carbonyl (C=O) groups is 1. The number of halogens is 1. The van der Waals surface area contributed by atoms with Gasteiger partial charge in [0.25, 0.3) is 0 Å². The summed E-state index contributed by atoms with van der Waals surface area (Å²) in [4.78, 5) is 11.6. The summed E-state index contributed by atoms with van der Waals surface area (Å²) in [6.45, 7) is 0.252. The third-order valence-corrected chi connectivity index (χ3v) is 4.49. The van der Waals surface area contributed by atoms with Gasteiger partial charge in [0.2, 0.25) is 0 Å². The van der Waals surface area contributed by atoms with Crippen molar-refractivity contribution in [2.75, 3.05) is 12.4 Å². The predicted octanol–water partition coefficient (Wildman–Crippen LogP) is 3.33. The zero-order valence-corrected chi connectivity index (χ0v) is 13.4. The van der Waals surface area contributed by atoms with Gasteiger partial charge in [-0.2, -0.15) is 0 Å². The van der Waals surface area contributed by atoms with Crippen LogP contribution in [0.3, 0.4) is 0 Å². The Kier molecular flexibility index (Phi) is 5.52. The molecule has 0 saturated carbocycles. The summed E-state index contributed by atoms with van der Waals surface area (Å²) in [5.41, 5.74) is 0.167. The summed E-state index contributed by atoms with van der Waals surface area (Å²) in [7, 11) is -1.15. The van der Waals surface area contributed by atoms with E-state index in [4.69, 9.17) is 9.84 Å². The van der Waals surface area contributed by atoms with Gasteiger partial charge in [0, 0.05) is 9.37 Å². The topological polar surface area (TPSA) is 63.6 Å². The Morgan fingerprint density at radius 2 is 1.95 bits per heavy atom. The van der Waals surface area contributed by atoms with E-state index in [9.17, 15) is 9.00 Å². The van der Waals surface area contributed by atoms with Gasteiger partial charge in [0.15, 0.2) is 0 Å². The molecule has 1 unspecified atom stereocenters. The molecule has 2 aromatic rings. The first-order chi connectivity index (χ1) is 10.1. The average Bonchev–Trinajstić information content (AvgIpc) is 2.47. The Labute approximate surface area is 133 Å². The van der Waals surface area contributed by atoms with Crippen LogP contribution in [0.4, 0.5) is 0 Å². The molecule has 2 rings (SSSR count). The fourth-order valence-corrected chi connectivity index (χ4v) is 3.19. The number of carboxylic acid groups (broad SMARTS) is 1. The van der Waals surface area contributed by atoms with E-state index in [0.717, 1.165) is 9.37 Å². The Bertz CT molecular complexity index is 672. The third kappa shape index (κ3) is 4.68. The maximum Gasteiger partial charge on any atom is 0.335 e. The number of ether oxygens (including phenoxy) is 1. The monoisotopic (exact) mass is 368 g/mol. The molecule has 0 bridgehead atoms. The zero-order valence-electron chi connectivity index (χ0n) is 11.0. The summed E-state index contributed by atoms with van der Waals surface area (Å²) < 4.78 is 18.4. The zero-order chi connectivity index (χ0) is 15.2. The lowest BCUT2D eigenvalue weighted by atomic mass is 10.2. The molecule has 0 radical (unpaired) electrons. The van der Waals surface area contributed by atoms with Gasteiger partial charge in [-0.3, -0.25) is 4.21 Å². The second-order valence-electron chi connectivity index (χ2n) is 4.19. The lowest BCUT2D eigenvalue weighted by Gasteiger charge is -2.07. The van der Waals surface area contributed by atoms with Crippen molar-refractivity contribution in [3.8, 4) is 5.75 Å². The standard InChI is InChI=1S/C15H13BrO4S/c16-12-4-2-6-14(10-12)21(19)8-7-20-13-5-1-3-11(9-13)15(17)18/h1-6,9-10H,7-8H2,(H,17,18). The van der Waals surface area contributed by atoms with Gasteiger partial charge in [-0.05, 0) is 36.4 Å². The Morgan fingerprint density at radius 3 is 2.67 bits per heavy atom. The fourth-order valence-electron chi connectivity index (χ4n) is 1.68. The number of aromatic carboxylic acids is 1. The molecular formula is C15H13BrO4S. The largest absolute Gasteiger partial charge is 0.493 e. The maximum atomic E-state index is 12.1. The number of hydrogen-bond donors (Lipinski definition) is 1. The van der Waals surface area contributed by atoms with Crippen molar-refractivity contribution in [1.82, 2.24) is 0 Å². The van der Waals surface area contributed by atoms with Gasteiger partial charge >= 0.3 is 5.97 Å². The van der Waals surface area contributed by atoms with E-state index < -0.39 is 16.8 Å². The fraction of sp³-hybridized carbons (Fsp3) is 0.133. The highest BCUT2D eigenvalue weighted by atomic mass is 79.9. The minimum Gasteiger partial charge on any atom is -0.493 e. The predicted molar refractivity (Wildman–Crippen MR) is 84.3 cm³/mol. The maximum absolute atomic E-state index is 12.1. The number of benzene rings is 2. The molecule has 0 aliphatic rings. The molecule has 0 aliphatic carbocycles. The third-order valence-electron chi connectivity index (χ3n) is 2.68.